The maximum atomic E-state index is 5.05. The average Bonchev–Trinajstić information content (AvgIpc) is 2.42. The van der Waals surface area contributed by atoms with E-state index in [1.54, 1.807) is 13.3 Å². The first-order valence-corrected chi connectivity index (χ1v) is 4.66. The molecule has 2 aromatic rings. The lowest BCUT2D eigenvalue weighted by molar-refractivity contribution is 0.398. The molecule has 4 heteroatoms. The molecule has 3 nitrogen and oxygen atoms in total. The number of methoxy groups -OCH3 is 1. The Labute approximate surface area is 84.5 Å². The van der Waals surface area contributed by atoms with Gasteiger partial charge >= 0.3 is 0 Å². The van der Waals surface area contributed by atoms with Gasteiger partial charge < -0.3 is 9.30 Å². The van der Waals surface area contributed by atoms with Crippen LogP contribution in [0.1, 0.15) is 0 Å². The minimum Gasteiger partial charge on any atom is -0.481 e. The molecule has 0 saturated heterocycles. The highest BCUT2D eigenvalue weighted by molar-refractivity contribution is 9.10. The van der Waals surface area contributed by atoms with Gasteiger partial charge in [0.05, 0.1) is 12.6 Å². The van der Waals surface area contributed by atoms with Crippen LogP contribution in [0.4, 0.5) is 0 Å². The van der Waals surface area contributed by atoms with Crippen LogP contribution < -0.4 is 4.74 Å². The highest BCUT2D eigenvalue weighted by Crippen LogP contribution is 2.26. The van der Waals surface area contributed by atoms with Crippen LogP contribution in [0.3, 0.4) is 0 Å². The molecule has 0 spiro atoms. The van der Waals surface area contributed by atoms with Gasteiger partial charge in [-0.3, -0.25) is 0 Å². The largest absolute Gasteiger partial charge is 0.481 e. The summed E-state index contributed by atoms with van der Waals surface area (Å²) in [5.74, 6) is 0.640. The zero-order valence-corrected chi connectivity index (χ0v) is 9.00. The van der Waals surface area contributed by atoms with E-state index < -0.39 is 0 Å². The fraction of sp³-hybridized carbons (Fsp3) is 0.222. The van der Waals surface area contributed by atoms with E-state index in [4.69, 9.17) is 4.74 Å². The second-order valence-corrected chi connectivity index (χ2v) is 3.69. The molecule has 0 aliphatic carbocycles. The number of aryl methyl sites for hydroxylation is 1. The molecule has 2 heterocycles. The van der Waals surface area contributed by atoms with Gasteiger partial charge in [0.2, 0.25) is 5.88 Å². The minimum atomic E-state index is 0.640. The van der Waals surface area contributed by atoms with E-state index in [2.05, 4.69) is 20.9 Å². The number of hydrogen-bond acceptors (Lipinski definition) is 2. The fourth-order valence-electron chi connectivity index (χ4n) is 1.32. The summed E-state index contributed by atoms with van der Waals surface area (Å²) >= 11 is 3.46. The van der Waals surface area contributed by atoms with Crippen LogP contribution in [0.15, 0.2) is 22.9 Å². The third-order valence-electron chi connectivity index (χ3n) is 2.01. The quantitative estimate of drug-likeness (QED) is 0.766. The Morgan fingerprint density at radius 2 is 2.31 bits per heavy atom. The Hall–Kier alpha value is -1.03. The zero-order chi connectivity index (χ0) is 9.42. The molecular formula is C9H9BrN2O. The third kappa shape index (κ3) is 1.31. The van der Waals surface area contributed by atoms with E-state index in [0.717, 1.165) is 15.4 Å². The lowest BCUT2D eigenvalue weighted by atomic mass is 10.3. The molecule has 0 amide bonds. The smallest absolute Gasteiger partial charge is 0.215 e. The monoisotopic (exact) mass is 240 g/mol. The first kappa shape index (κ1) is 8.56. The Morgan fingerprint density at radius 3 is 3.00 bits per heavy atom. The molecule has 13 heavy (non-hydrogen) atoms. The lowest BCUT2D eigenvalue weighted by Crippen LogP contribution is -1.88. The molecule has 0 aromatic carbocycles. The average molecular weight is 241 g/mol. The summed E-state index contributed by atoms with van der Waals surface area (Å²) in [7, 11) is 3.61. The number of nitrogens with zero attached hydrogens (tertiary/aromatic N) is 2. The van der Waals surface area contributed by atoms with Gasteiger partial charge in [0.25, 0.3) is 0 Å². The second-order valence-electron chi connectivity index (χ2n) is 2.83. The van der Waals surface area contributed by atoms with E-state index >= 15 is 0 Å². The van der Waals surface area contributed by atoms with Gasteiger partial charge in [-0.1, -0.05) is 0 Å². The molecule has 0 saturated carbocycles. The molecule has 68 valence electrons. The fourth-order valence-corrected chi connectivity index (χ4v) is 1.94. The summed E-state index contributed by atoms with van der Waals surface area (Å²) in [5.41, 5.74) is 1.11. The zero-order valence-electron chi connectivity index (χ0n) is 7.41. The van der Waals surface area contributed by atoms with Gasteiger partial charge in [-0.15, -0.1) is 0 Å². The minimum absolute atomic E-state index is 0.640. The van der Waals surface area contributed by atoms with Gasteiger partial charge in [0, 0.05) is 35.4 Å². The van der Waals surface area contributed by atoms with Crippen molar-refractivity contribution in [3.8, 4) is 5.88 Å². The first-order valence-electron chi connectivity index (χ1n) is 3.87. The van der Waals surface area contributed by atoms with Crippen LogP contribution >= 0.6 is 15.9 Å². The molecular weight excluding hydrogens is 232 g/mol. The van der Waals surface area contributed by atoms with E-state index in [9.17, 15) is 0 Å². The molecule has 0 aliphatic heterocycles. The van der Waals surface area contributed by atoms with Gasteiger partial charge in [0.15, 0.2) is 0 Å². The molecule has 2 rings (SSSR count). The lowest BCUT2D eigenvalue weighted by Gasteiger charge is -1.99. The van der Waals surface area contributed by atoms with Gasteiger partial charge in [0.1, 0.15) is 0 Å². The van der Waals surface area contributed by atoms with Crippen molar-refractivity contribution in [2.75, 3.05) is 7.11 Å². The number of fused-ring (bicyclic) bond motifs is 1. The SMILES string of the molecule is COc1cc2c(cn1)c(Br)cn2C. The van der Waals surface area contributed by atoms with Crippen molar-refractivity contribution in [2.45, 2.75) is 0 Å². The summed E-state index contributed by atoms with van der Waals surface area (Å²) in [6.07, 6.45) is 3.81. The standard InChI is InChI=1S/C9H9BrN2O/c1-12-5-7(10)6-4-11-9(13-2)3-8(6)12/h3-5H,1-2H3. The van der Waals surface area contributed by atoms with E-state index in [1.807, 2.05) is 23.9 Å². The number of ether oxygens (including phenoxy) is 1. The van der Waals surface area contributed by atoms with Crippen LogP contribution in [0.25, 0.3) is 10.9 Å². The van der Waals surface area contributed by atoms with E-state index in [-0.39, 0.29) is 0 Å². The van der Waals surface area contributed by atoms with E-state index in [0.29, 0.717) is 5.88 Å². The van der Waals surface area contributed by atoms with Gasteiger partial charge in [-0.05, 0) is 15.9 Å². The summed E-state index contributed by atoms with van der Waals surface area (Å²) < 4.78 is 8.13. The predicted octanol–water partition coefficient (Wildman–Crippen LogP) is 2.34. The molecule has 0 unspecified atom stereocenters. The van der Waals surface area contributed by atoms with Gasteiger partial charge in [-0.25, -0.2) is 4.98 Å². The summed E-state index contributed by atoms with van der Waals surface area (Å²) in [6, 6.07) is 1.92. The second kappa shape index (κ2) is 3.03. The molecule has 0 radical (unpaired) electrons. The molecule has 2 aromatic heterocycles. The highest BCUT2D eigenvalue weighted by Gasteiger charge is 2.05. The van der Waals surface area contributed by atoms with Crippen molar-refractivity contribution in [3.63, 3.8) is 0 Å². The number of halogens is 1. The Balaban J connectivity index is 2.76. The number of pyridine rings is 1. The van der Waals surface area contributed by atoms with Gasteiger partial charge in [-0.2, -0.15) is 0 Å². The van der Waals surface area contributed by atoms with Crippen molar-refractivity contribution in [1.82, 2.24) is 9.55 Å². The topological polar surface area (TPSA) is 27.1 Å². The van der Waals surface area contributed by atoms with Crippen molar-refractivity contribution in [1.29, 1.82) is 0 Å². The Bertz CT molecular complexity index is 450. The Morgan fingerprint density at radius 1 is 1.54 bits per heavy atom. The highest BCUT2D eigenvalue weighted by atomic mass is 79.9. The van der Waals surface area contributed by atoms with Crippen molar-refractivity contribution >= 4 is 26.8 Å². The van der Waals surface area contributed by atoms with Crippen LogP contribution in [-0.2, 0) is 7.05 Å². The number of aromatic nitrogens is 2. The summed E-state index contributed by atoms with van der Waals surface area (Å²) in [4.78, 5) is 4.13. The first-order chi connectivity index (χ1) is 6.22. The van der Waals surface area contributed by atoms with Crippen molar-refractivity contribution in [2.24, 2.45) is 7.05 Å². The maximum Gasteiger partial charge on any atom is 0.215 e. The number of hydrogen-bond donors (Lipinski definition) is 0. The molecule has 0 N–H and O–H groups in total. The maximum absolute atomic E-state index is 5.05. The van der Waals surface area contributed by atoms with Crippen LogP contribution in [-0.4, -0.2) is 16.7 Å². The predicted molar refractivity (Wildman–Crippen MR) is 55.0 cm³/mol. The molecule has 0 aliphatic rings. The molecule has 0 atom stereocenters. The number of rotatable bonds is 1. The van der Waals surface area contributed by atoms with E-state index in [1.165, 1.54) is 0 Å². The molecule has 0 fully saturated rings. The normalized spacial score (nSPS) is 10.7. The van der Waals surface area contributed by atoms with Crippen molar-refractivity contribution in [3.05, 3.63) is 22.9 Å². The third-order valence-corrected chi connectivity index (χ3v) is 2.64. The van der Waals surface area contributed by atoms with Crippen LogP contribution in [0, 0.1) is 0 Å². The van der Waals surface area contributed by atoms with Crippen LogP contribution in [0.2, 0.25) is 0 Å². The molecule has 0 bridgehead atoms. The summed E-state index contributed by atoms with van der Waals surface area (Å²) in [6.45, 7) is 0. The van der Waals surface area contributed by atoms with Crippen LogP contribution in [0.5, 0.6) is 5.88 Å². The van der Waals surface area contributed by atoms with Crippen molar-refractivity contribution < 1.29 is 4.74 Å². The Kier molecular flexibility index (Phi) is 2.00. The summed E-state index contributed by atoms with van der Waals surface area (Å²) in [5, 5.41) is 1.10.